The zero-order valence-corrected chi connectivity index (χ0v) is 11.3. The van der Waals surface area contributed by atoms with Crippen LogP contribution in [-0.4, -0.2) is 6.54 Å². The van der Waals surface area contributed by atoms with Crippen molar-refractivity contribution in [2.75, 3.05) is 6.54 Å². The molecule has 19 heavy (non-hydrogen) atoms. The number of benzene rings is 2. The molecule has 0 radical (unpaired) electrons. The fourth-order valence-corrected chi connectivity index (χ4v) is 2.47. The van der Waals surface area contributed by atoms with Gasteiger partial charge in [0, 0.05) is 0 Å². The summed E-state index contributed by atoms with van der Waals surface area (Å²) < 4.78 is 0. The molecule has 100 valence electrons. The molecule has 0 heterocycles. The molecule has 2 nitrogen and oxygen atoms in total. The van der Waals surface area contributed by atoms with E-state index < -0.39 is 5.54 Å². The fourth-order valence-electron chi connectivity index (χ4n) is 2.47. The van der Waals surface area contributed by atoms with Crippen molar-refractivity contribution < 1.29 is 0 Å². The normalized spacial score (nSPS) is 11.5. The van der Waals surface area contributed by atoms with Crippen LogP contribution in [0.5, 0.6) is 0 Å². The van der Waals surface area contributed by atoms with Crippen LogP contribution in [0.25, 0.3) is 0 Å². The molecule has 2 heteroatoms. The highest BCUT2D eigenvalue weighted by molar-refractivity contribution is 5.37. The lowest BCUT2D eigenvalue weighted by Crippen LogP contribution is -2.38. The molecule has 0 aliphatic rings. The molecule has 2 aromatic carbocycles. The van der Waals surface area contributed by atoms with Crippen LogP contribution in [0.2, 0.25) is 0 Å². The molecule has 0 aliphatic heterocycles. The minimum absolute atomic E-state index is 0.419. The third kappa shape index (κ3) is 3.22. The Bertz CT molecular complexity index is 440. The first-order valence-corrected chi connectivity index (χ1v) is 6.87. The van der Waals surface area contributed by atoms with E-state index in [1.54, 1.807) is 0 Å². The predicted octanol–water partition coefficient (Wildman–Crippen LogP) is 3.02. The van der Waals surface area contributed by atoms with Crippen LogP contribution in [0.1, 0.15) is 30.4 Å². The second-order valence-corrected chi connectivity index (χ2v) is 4.95. The third-order valence-electron chi connectivity index (χ3n) is 3.60. The van der Waals surface area contributed by atoms with Gasteiger partial charge in [-0.25, -0.2) is 0 Å². The first-order valence-electron chi connectivity index (χ1n) is 6.87. The van der Waals surface area contributed by atoms with Crippen molar-refractivity contribution in [1.29, 1.82) is 0 Å². The molecule has 0 bridgehead atoms. The SMILES string of the molecule is NCCCCC(N)(c1ccccc1)c1ccccc1. The van der Waals surface area contributed by atoms with Crippen LogP contribution < -0.4 is 11.5 Å². The molecule has 0 unspecified atom stereocenters. The van der Waals surface area contributed by atoms with Crippen molar-refractivity contribution in [3.05, 3.63) is 71.8 Å². The maximum atomic E-state index is 6.74. The molecule has 2 rings (SSSR count). The van der Waals surface area contributed by atoms with E-state index in [-0.39, 0.29) is 0 Å². The summed E-state index contributed by atoms with van der Waals surface area (Å²) in [5.74, 6) is 0. The van der Waals surface area contributed by atoms with Crippen molar-refractivity contribution in [2.24, 2.45) is 11.5 Å². The van der Waals surface area contributed by atoms with Gasteiger partial charge < -0.3 is 11.5 Å². The topological polar surface area (TPSA) is 52.0 Å². The zero-order chi connectivity index (χ0) is 13.6. The Morgan fingerprint density at radius 1 is 0.737 bits per heavy atom. The lowest BCUT2D eigenvalue weighted by molar-refractivity contribution is 0.465. The van der Waals surface area contributed by atoms with E-state index in [9.17, 15) is 0 Å². The van der Waals surface area contributed by atoms with Crippen LogP contribution in [0.15, 0.2) is 60.7 Å². The van der Waals surface area contributed by atoms with E-state index in [1.165, 1.54) is 11.1 Å². The standard InChI is InChI=1S/C17H22N2/c18-14-8-7-13-17(19,15-9-3-1-4-10-15)16-11-5-2-6-12-16/h1-6,9-12H,7-8,13-14,18-19H2. The molecule has 0 amide bonds. The van der Waals surface area contributed by atoms with E-state index in [4.69, 9.17) is 11.5 Å². The lowest BCUT2D eigenvalue weighted by Gasteiger charge is -2.31. The maximum Gasteiger partial charge on any atom is 0.0665 e. The van der Waals surface area contributed by atoms with Crippen molar-refractivity contribution >= 4 is 0 Å². The largest absolute Gasteiger partial charge is 0.330 e. The number of rotatable bonds is 6. The number of nitrogens with two attached hydrogens (primary N) is 2. The van der Waals surface area contributed by atoms with Gasteiger partial charge >= 0.3 is 0 Å². The van der Waals surface area contributed by atoms with Gasteiger partial charge in [0.1, 0.15) is 0 Å². The Morgan fingerprint density at radius 2 is 1.21 bits per heavy atom. The average molecular weight is 254 g/mol. The molecule has 0 aliphatic carbocycles. The van der Waals surface area contributed by atoms with E-state index >= 15 is 0 Å². The minimum atomic E-state index is -0.419. The van der Waals surface area contributed by atoms with Gasteiger partial charge in [-0.3, -0.25) is 0 Å². The summed E-state index contributed by atoms with van der Waals surface area (Å²) >= 11 is 0. The maximum absolute atomic E-state index is 6.74. The first kappa shape index (κ1) is 13.8. The molecule has 0 saturated carbocycles. The highest BCUT2D eigenvalue weighted by atomic mass is 14.7. The molecule has 0 fully saturated rings. The highest BCUT2D eigenvalue weighted by Gasteiger charge is 2.28. The van der Waals surface area contributed by atoms with Gasteiger partial charge in [0.05, 0.1) is 5.54 Å². The van der Waals surface area contributed by atoms with Crippen LogP contribution in [0.3, 0.4) is 0 Å². The van der Waals surface area contributed by atoms with E-state index in [1.807, 2.05) is 36.4 Å². The summed E-state index contributed by atoms with van der Waals surface area (Å²) in [5.41, 5.74) is 14.2. The Balaban J connectivity index is 2.33. The number of hydrogen-bond donors (Lipinski definition) is 2. The van der Waals surface area contributed by atoms with Crippen LogP contribution in [0, 0.1) is 0 Å². The summed E-state index contributed by atoms with van der Waals surface area (Å²) in [6, 6.07) is 20.6. The molecule has 0 aromatic heterocycles. The smallest absolute Gasteiger partial charge is 0.0665 e. The van der Waals surface area contributed by atoms with Crippen LogP contribution in [-0.2, 0) is 5.54 Å². The molecule has 0 spiro atoms. The van der Waals surface area contributed by atoms with E-state index in [0.717, 1.165) is 25.8 Å². The molecule has 0 atom stereocenters. The molecule has 0 saturated heterocycles. The number of hydrogen-bond acceptors (Lipinski definition) is 2. The summed E-state index contributed by atoms with van der Waals surface area (Å²) in [4.78, 5) is 0. The van der Waals surface area contributed by atoms with Crippen molar-refractivity contribution in [3.63, 3.8) is 0 Å². The summed E-state index contributed by atoms with van der Waals surface area (Å²) in [5, 5.41) is 0. The Kier molecular flexibility index (Phi) is 4.72. The van der Waals surface area contributed by atoms with Gasteiger partial charge in [0.15, 0.2) is 0 Å². The van der Waals surface area contributed by atoms with Gasteiger partial charge in [-0.15, -0.1) is 0 Å². The van der Waals surface area contributed by atoms with Gasteiger partial charge in [0.2, 0.25) is 0 Å². The Morgan fingerprint density at radius 3 is 1.63 bits per heavy atom. The van der Waals surface area contributed by atoms with Crippen molar-refractivity contribution in [3.8, 4) is 0 Å². The molecule has 2 aromatic rings. The Labute approximate surface area is 115 Å². The lowest BCUT2D eigenvalue weighted by atomic mass is 9.80. The summed E-state index contributed by atoms with van der Waals surface area (Å²) in [6.45, 7) is 0.722. The summed E-state index contributed by atoms with van der Waals surface area (Å²) in [6.07, 6.45) is 2.97. The first-order chi connectivity index (χ1) is 9.27. The fraction of sp³-hybridized carbons (Fsp3) is 0.294. The second-order valence-electron chi connectivity index (χ2n) is 4.95. The minimum Gasteiger partial charge on any atom is -0.330 e. The van der Waals surface area contributed by atoms with E-state index in [0.29, 0.717) is 0 Å². The molecular formula is C17H22N2. The molecule has 4 N–H and O–H groups in total. The quantitative estimate of drug-likeness (QED) is 0.779. The summed E-state index contributed by atoms with van der Waals surface area (Å²) in [7, 11) is 0. The second kappa shape index (κ2) is 6.50. The number of unbranched alkanes of at least 4 members (excludes halogenated alkanes) is 1. The monoisotopic (exact) mass is 254 g/mol. The van der Waals surface area contributed by atoms with Gasteiger partial charge in [-0.1, -0.05) is 60.7 Å². The van der Waals surface area contributed by atoms with Crippen LogP contribution in [0.4, 0.5) is 0 Å². The highest BCUT2D eigenvalue weighted by Crippen LogP contribution is 2.31. The van der Waals surface area contributed by atoms with Crippen molar-refractivity contribution in [2.45, 2.75) is 24.8 Å². The van der Waals surface area contributed by atoms with Gasteiger partial charge in [-0.05, 0) is 36.9 Å². The Hall–Kier alpha value is -1.64. The van der Waals surface area contributed by atoms with Gasteiger partial charge in [-0.2, -0.15) is 0 Å². The predicted molar refractivity (Wildman–Crippen MR) is 80.8 cm³/mol. The average Bonchev–Trinajstić information content (AvgIpc) is 2.49. The zero-order valence-electron chi connectivity index (χ0n) is 11.3. The molecular weight excluding hydrogens is 232 g/mol. The van der Waals surface area contributed by atoms with Crippen molar-refractivity contribution in [1.82, 2.24) is 0 Å². The third-order valence-corrected chi connectivity index (χ3v) is 3.60. The van der Waals surface area contributed by atoms with Gasteiger partial charge in [0.25, 0.3) is 0 Å². The van der Waals surface area contributed by atoms with Crippen LogP contribution >= 0.6 is 0 Å². The van der Waals surface area contributed by atoms with E-state index in [2.05, 4.69) is 24.3 Å².